The van der Waals surface area contributed by atoms with Gasteiger partial charge in [0.05, 0.1) is 12.0 Å². The molecule has 0 N–H and O–H groups in total. The molecule has 0 radical (unpaired) electrons. The zero-order valence-electron chi connectivity index (χ0n) is 27.5. The SMILES string of the molecule is CCCCC(CC)C(=O)Oc1ccc(Sc2cccc3c2C(=O)c2cccc(Sc4ccc(OC(CC)CCC)cc4)c2C3=O)cc1. The van der Waals surface area contributed by atoms with Crippen LogP contribution in [0.5, 0.6) is 11.5 Å². The van der Waals surface area contributed by atoms with Crippen LogP contribution < -0.4 is 9.47 Å². The fourth-order valence-electron chi connectivity index (χ4n) is 5.76. The quantitative estimate of drug-likeness (QED) is 0.0813. The minimum absolute atomic E-state index is 0.102. The van der Waals surface area contributed by atoms with E-state index in [1.165, 1.54) is 23.5 Å². The third-order valence-electron chi connectivity index (χ3n) is 8.42. The van der Waals surface area contributed by atoms with Gasteiger partial charge in [0, 0.05) is 41.8 Å². The fourth-order valence-corrected chi connectivity index (χ4v) is 7.72. The Bertz CT molecular complexity index is 1710. The Labute approximate surface area is 286 Å². The van der Waals surface area contributed by atoms with Crippen molar-refractivity contribution in [3.8, 4) is 11.5 Å². The number of carbonyl (C=O) groups excluding carboxylic acids is 3. The van der Waals surface area contributed by atoms with Gasteiger partial charge >= 0.3 is 5.97 Å². The summed E-state index contributed by atoms with van der Waals surface area (Å²) in [6, 6.07) is 26.2. The normalized spacial score (nSPS) is 13.4. The molecule has 1 aliphatic rings. The first-order chi connectivity index (χ1) is 22.9. The highest BCUT2D eigenvalue weighted by molar-refractivity contribution is 7.99. The number of hydrogen-bond acceptors (Lipinski definition) is 7. The molecule has 7 heteroatoms. The number of fused-ring (bicyclic) bond motifs is 2. The smallest absolute Gasteiger partial charge is 0.314 e. The summed E-state index contributed by atoms with van der Waals surface area (Å²) < 4.78 is 11.8. The standard InChI is InChI=1S/C40H42O5S2/c1-5-9-13-26(7-3)40(43)45-29-20-24-31(25-21-29)47-35-17-11-15-33-37(35)39(42)32-14-10-16-34(36(32)38(33)41)46-30-22-18-28(19-23-30)44-27(8-4)12-6-2/h10-11,14-27H,5-9,12-13H2,1-4H3. The molecule has 5 rings (SSSR count). The topological polar surface area (TPSA) is 69.7 Å². The van der Waals surface area contributed by atoms with Crippen molar-refractivity contribution in [1.82, 2.24) is 0 Å². The van der Waals surface area contributed by atoms with Crippen LogP contribution in [-0.2, 0) is 4.79 Å². The van der Waals surface area contributed by atoms with Crippen LogP contribution in [0.1, 0.15) is 104 Å². The number of hydrogen-bond donors (Lipinski definition) is 0. The predicted molar refractivity (Wildman–Crippen MR) is 189 cm³/mol. The molecule has 5 nitrogen and oxygen atoms in total. The first kappa shape index (κ1) is 34.5. The Hall–Kier alpha value is -3.81. The molecule has 2 atom stereocenters. The largest absolute Gasteiger partial charge is 0.490 e. The molecule has 0 fully saturated rings. The molecule has 0 saturated carbocycles. The van der Waals surface area contributed by atoms with Crippen LogP contribution in [-0.4, -0.2) is 23.6 Å². The lowest BCUT2D eigenvalue weighted by atomic mass is 9.84. The van der Waals surface area contributed by atoms with Gasteiger partial charge in [0.2, 0.25) is 0 Å². The second-order valence-corrected chi connectivity index (χ2v) is 14.0. The zero-order valence-corrected chi connectivity index (χ0v) is 29.2. The van der Waals surface area contributed by atoms with Gasteiger partial charge in [0.25, 0.3) is 0 Å². The average molecular weight is 667 g/mol. The predicted octanol–water partition coefficient (Wildman–Crippen LogP) is 10.8. The molecule has 2 unspecified atom stereocenters. The summed E-state index contributed by atoms with van der Waals surface area (Å²) in [4.78, 5) is 43.9. The van der Waals surface area contributed by atoms with Crippen molar-refractivity contribution in [2.24, 2.45) is 5.92 Å². The van der Waals surface area contributed by atoms with Gasteiger partial charge in [-0.2, -0.15) is 0 Å². The molecule has 0 bridgehead atoms. The van der Waals surface area contributed by atoms with E-state index in [-0.39, 0.29) is 29.6 Å². The molecule has 1 aliphatic carbocycles. The molecule has 0 saturated heterocycles. The Morgan fingerprint density at radius 1 is 0.638 bits per heavy atom. The van der Waals surface area contributed by atoms with Gasteiger partial charge in [-0.1, -0.05) is 94.7 Å². The molecule has 244 valence electrons. The zero-order chi connectivity index (χ0) is 33.3. The number of rotatable bonds is 15. The van der Waals surface area contributed by atoms with E-state index in [1.54, 1.807) is 24.3 Å². The van der Waals surface area contributed by atoms with E-state index in [1.807, 2.05) is 67.6 Å². The Morgan fingerprint density at radius 3 is 1.64 bits per heavy atom. The summed E-state index contributed by atoms with van der Waals surface area (Å²) in [6.07, 6.45) is 6.87. The number of ether oxygens (including phenoxy) is 2. The summed E-state index contributed by atoms with van der Waals surface area (Å²) in [5.74, 6) is 0.721. The van der Waals surface area contributed by atoms with Gasteiger partial charge < -0.3 is 9.47 Å². The van der Waals surface area contributed by atoms with E-state index in [0.717, 1.165) is 65.4 Å². The van der Waals surface area contributed by atoms with E-state index in [9.17, 15) is 14.4 Å². The van der Waals surface area contributed by atoms with E-state index in [4.69, 9.17) is 9.47 Å². The van der Waals surface area contributed by atoms with Gasteiger partial charge in [0.1, 0.15) is 11.5 Å². The maximum atomic E-state index is 14.0. The summed E-state index contributed by atoms with van der Waals surface area (Å²) >= 11 is 2.89. The molecule has 4 aromatic rings. The first-order valence-corrected chi connectivity index (χ1v) is 18.3. The minimum Gasteiger partial charge on any atom is -0.490 e. The molecule has 0 aliphatic heterocycles. The third kappa shape index (κ3) is 8.20. The average Bonchev–Trinajstić information content (AvgIpc) is 3.09. The van der Waals surface area contributed by atoms with Gasteiger partial charge in [0.15, 0.2) is 11.6 Å². The van der Waals surface area contributed by atoms with Crippen molar-refractivity contribution in [2.45, 2.75) is 98.3 Å². The second kappa shape index (κ2) is 16.3. The van der Waals surface area contributed by atoms with Crippen LogP contribution in [0.2, 0.25) is 0 Å². The number of unbranched alkanes of at least 4 members (excludes halogenated alkanes) is 1. The number of esters is 1. The van der Waals surface area contributed by atoms with E-state index < -0.39 is 0 Å². The van der Waals surface area contributed by atoms with E-state index in [0.29, 0.717) is 32.9 Å². The number of benzene rings is 4. The summed E-state index contributed by atoms with van der Waals surface area (Å²) in [6.45, 7) is 8.42. The van der Waals surface area contributed by atoms with Gasteiger partial charge in [-0.3, -0.25) is 14.4 Å². The minimum atomic E-state index is -0.197. The third-order valence-corrected chi connectivity index (χ3v) is 10.6. The van der Waals surface area contributed by atoms with Crippen molar-refractivity contribution in [3.63, 3.8) is 0 Å². The number of ketones is 2. The Balaban J connectivity index is 1.32. The highest BCUT2D eigenvalue weighted by atomic mass is 32.2. The molecule has 4 aromatic carbocycles. The van der Waals surface area contributed by atoms with Crippen molar-refractivity contribution in [1.29, 1.82) is 0 Å². The molecule has 47 heavy (non-hydrogen) atoms. The van der Waals surface area contributed by atoms with Crippen LogP contribution in [0.4, 0.5) is 0 Å². The molecule has 0 heterocycles. The van der Waals surface area contributed by atoms with Gasteiger partial charge in [-0.05, 0) is 86.3 Å². The van der Waals surface area contributed by atoms with Crippen molar-refractivity contribution in [2.75, 3.05) is 0 Å². The van der Waals surface area contributed by atoms with Crippen LogP contribution in [0, 0.1) is 5.92 Å². The monoisotopic (exact) mass is 666 g/mol. The molecule has 0 aromatic heterocycles. The maximum absolute atomic E-state index is 14.0. The van der Waals surface area contributed by atoms with Crippen LogP contribution in [0.25, 0.3) is 0 Å². The van der Waals surface area contributed by atoms with Crippen molar-refractivity contribution in [3.05, 3.63) is 107 Å². The highest BCUT2D eigenvalue weighted by Crippen LogP contribution is 2.41. The van der Waals surface area contributed by atoms with E-state index >= 15 is 0 Å². The second-order valence-electron chi connectivity index (χ2n) is 11.8. The van der Waals surface area contributed by atoms with Gasteiger partial charge in [-0.15, -0.1) is 0 Å². The molecule has 0 amide bonds. The summed E-state index contributed by atoms with van der Waals surface area (Å²) in [5, 5.41) is 0. The summed E-state index contributed by atoms with van der Waals surface area (Å²) in [7, 11) is 0. The van der Waals surface area contributed by atoms with Crippen LogP contribution in [0.3, 0.4) is 0 Å². The van der Waals surface area contributed by atoms with Crippen LogP contribution in [0.15, 0.2) is 105 Å². The van der Waals surface area contributed by atoms with Crippen molar-refractivity contribution >= 4 is 41.1 Å². The fraction of sp³-hybridized carbons (Fsp3) is 0.325. The molecule has 0 spiro atoms. The highest BCUT2D eigenvalue weighted by Gasteiger charge is 2.34. The Morgan fingerprint density at radius 2 is 1.17 bits per heavy atom. The lowest BCUT2D eigenvalue weighted by Gasteiger charge is -2.22. The van der Waals surface area contributed by atoms with Gasteiger partial charge in [-0.25, -0.2) is 0 Å². The molecular formula is C40H42O5S2. The van der Waals surface area contributed by atoms with Crippen LogP contribution >= 0.6 is 23.5 Å². The lowest BCUT2D eigenvalue weighted by molar-refractivity contribution is -0.139. The van der Waals surface area contributed by atoms with E-state index in [2.05, 4.69) is 20.8 Å². The first-order valence-electron chi connectivity index (χ1n) is 16.7. The van der Waals surface area contributed by atoms with Crippen molar-refractivity contribution < 1.29 is 23.9 Å². The molecular weight excluding hydrogens is 625 g/mol. The maximum Gasteiger partial charge on any atom is 0.314 e. The lowest BCUT2D eigenvalue weighted by Crippen LogP contribution is -2.22. The Kier molecular flexibility index (Phi) is 12.0. The number of carbonyl (C=O) groups is 3. The summed E-state index contributed by atoms with van der Waals surface area (Å²) in [5.41, 5.74) is 1.70.